The van der Waals surface area contributed by atoms with Crippen molar-refractivity contribution in [2.24, 2.45) is 0 Å². The molecule has 1 saturated heterocycles. The highest BCUT2D eigenvalue weighted by Crippen LogP contribution is 2.17. The molecule has 0 amide bonds. The van der Waals surface area contributed by atoms with E-state index >= 15 is 0 Å². The lowest BCUT2D eigenvalue weighted by Crippen LogP contribution is -2.57. The smallest absolute Gasteiger partial charge is 0.0638 e. The summed E-state index contributed by atoms with van der Waals surface area (Å²) in [4.78, 5) is 4.80. The quantitative estimate of drug-likeness (QED) is 0.665. The third-order valence-electron chi connectivity index (χ3n) is 3.15. The molecule has 14 heavy (non-hydrogen) atoms. The average molecular weight is 195 g/mol. The number of rotatable bonds is 2. The molecular weight excluding hydrogens is 174 g/mol. The summed E-state index contributed by atoms with van der Waals surface area (Å²) >= 11 is 0. The van der Waals surface area contributed by atoms with E-state index in [9.17, 15) is 0 Å². The largest absolute Gasteiger partial charge is 0.300 e. The summed E-state index contributed by atoms with van der Waals surface area (Å²) in [7, 11) is 2.12. The van der Waals surface area contributed by atoms with Crippen LogP contribution in [-0.2, 0) is 0 Å². The van der Waals surface area contributed by atoms with Gasteiger partial charge in [-0.2, -0.15) is 5.26 Å². The summed E-state index contributed by atoms with van der Waals surface area (Å²) in [6.07, 6.45) is 0.645. The maximum Gasteiger partial charge on any atom is 0.0638 e. The van der Waals surface area contributed by atoms with E-state index in [4.69, 9.17) is 5.26 Å². The topological polar surface area (TPSA) is 30.3 Å². The maximum atomic E-state index is 8.73. The van der Waals surface area contributed by atoms with Crippen LogP contribution < -0.4 is 0 Å². The molecule has 2 unspecified atom stereocenters. The zero-order valence-corrected chi connectivity index (χ0v) is 9.70. The summed E-state index contributed by atoms with van der Waals surface area (Å²) < 4.78 is 0. The molecule has 3 heteroatoms. The number of hydrogen-bond donors (Lipinski definition) is 0. The lowest BCUT2D eigenvalue weighted by molar-refractivity contribution is 0.0335. The van der Waals surface area contributed by atoms with Gasteiger partial charge in [0.15, 0.2) is 0 Å². The molecule has 0 N–H and O–H groups in total. The standard InChI is InChI=1S/C11H21N3/c1-9(2)14-8-11(5-6-12)13(4)7-10(14)3/h9-11H,5,7-8H2,1-4H3. The van der Waals surface area contributed by atoms with Crippen LogP contribution in [0, 0.1) is 11.3 Å². The van der Waals surface area contributed by atoms with Crippen LogP contribution in [0.15, 0.2) is 0 Å². The van der Waals surface area contributed by atoms with E-state index in [2.05, 4.69) is 43.7 Å². The van der Waals surface area contributed by atoms with Gasteiger partial charge in [-0.05, 0) is 27.8 Å². The van der Waals surface area contributed by atoms with Crippen molar-refractivity contribution in [3.05, 3.63) is 0 Å². The molecule has 0 aromatic carbocycles. The number of hydrogen-bond acceptors (Lipinski definition) is 3. The predicted molar refractivity (Wildman–Crippen MR) is 58.0 cm³/mol. The fourth-order valence-corrected chi connectivity index (χ4v) is 2.28. The SMILES string of the molecule is CC(C)N1CC(CC#N)N(C)CC1C. The fourth-order valence-electron chi connectivity index (χ4n) is 2.28. The van der Waals surface area contributed by atoms with Gasteiger partial charge in [-0.3, -0.25) is 9.80 Å². The van der Waals surface area contributed by atoms with Crippen LogP contribution in [0.5, 0.6) is 0 Å². The molecular formula is C11H21N3. The molecule has 3 nitrogen and oxygen atoms in total. The molecule has 80 valence electrons. The van der Waals surface area contributed by atoms with Crippen LogP contribution >= 0.6 is 0 Å². The average Bonchev–Trinajstić information content (AvgIpc) is 2.09. The molecule has 1 aliphatic heterocycles. The Bertz CT molecular complexity index is 219. The van der Waals surface area contributed by atoms with Crippen molar-refractivity contribution in [1.29, 1.82) is 5.26 Å². The van der Waals surface area contributed by atoms with Crippen molar-refractivity contribution in [3.63, 3.8) is 0 Å². The Morgan fingerprint density at radius 2 is 2.07 bits per heavy atom. The molecule has 1 aliphatic rings. The summed E-state index contributed by atoms with van der Waals surface area (Å²) in [6.45, 7) is 8.82. The Morgan fingerprint density at radius 1 is 1.43 bits per heavy atom. The second-order valence-electron chi connectivity index (χ2n) is 4.60. The molecule has 1 rings (SSSR count). The van der Waals surface area contributed by atoms with Crippen LogP contribution in [0.3, 0.4) is 0 Å². The third-order valence-corrected chi connectivity index (χ3v) is 3.15. The first-order valence-electron chi connectivity index (χ1n) is 5.39. The Labute approximate surface area is 87.3 Å². The van der Waals surface area contributed by atoms with Crippen LogP contribution in [-0.4, -0.2) is 48.1 Å². The Kier molecular flexibility index (Phi) is 3.91. The number of nitrogens with zero attached hydrogens (tertiary/aromatic N) is 3. The van der Waals surface area contributed by atoms with Crippen LogP contribution in [0.25, 0.3) is 0 Å². The van der Waals surface area contributed by atoms with E-state index in [1.54, 1.807) is 0 Å². The molecule has 1 fully saturated rings. The van der Waals surface area contributed by atoms with Crippen molar-refractivity contribution in [2.75, 3.05) is 20.1 Å². The van der Waals surface area contributed by atoms with Gasteiger partial charge >= 0.3 is 0 Å². The van der Waals surface area contributed by atoms with E-state index in [-0.39, 0.29) is 0 Å². The minimum Gasteiger partial charge on any atom is -0.300 e. The molecule has 0 aliphatic carbocycles. The van der Waals surface area contributed by atoms with E-state index in [0.717, 1.165) is 13.1 Å². The van der Waals surface area contributed by atoms with Crippen molar-refractivity contribution in [2.45, 2.75) is 45.3 Å². The second kappa shape index (κ2) is 4.77. The van der Waals surface area contributed by atoms with Gasteiger partial charge in [0.1, 0.15) is 0 Å². The van der Waals surface area contributed by atoms with E-state index in [0.29, 0.717) is 24.5 Å². The zero-order chi connectivity index (χ0) is 10.7. The molecule has 2 atom stereocenters. The van der Waals surface area contributed by atoms with Gasteiger partial charge in [0.2, 0.25) is 0 Å². The first kappa shape index (κ1) is 11.5. The predicted octanol–water partition coefficient (Wildman–Crippen LogP) is 1.31. The van der Waals surface area contributed by atoms with Crippen LogP contribution in [0.4, 0.5) is 0 Å². The highest BCUT2D eigenvalue weighted by atomic mass is 15.3. The maximum absolute atomic E-state index is 8.73. The highest BCUT2D eigenvalue weighted by molar-refractivity contribution is 4.91. The van der Waals surface area contributed by atoms with Crippen molar-refractivity contribution >= 4 is 0 Å². The van der Waals surface area contributed by atoms with Gasteiger partial charge in [-0.1, -0.05) is 0 Å². The zero-order valence-electron chi connectivity index (χ0n) is 9.70. The molecule has 0 aromatic rings. The summed E-state index contributed by atoms with van der Waals surface area (Å²) in [5.41, 5.74) is 0. The van der Waals surface area contributed by atoms with Gasteiger partial charge in [0.25, 0.3) is 0 Å². The lowest BCUT2D eigenvalue weighted by Gasteiger charge is -2.45. The normalized spacial score (nSPS) is 30.6. The number of piperazine rings is 1. The second-order valence-corrected chi connectivity index (χ2v) is 4.60. The summed E-state index contributed by atoms with van der Waals surface area (Å²) in [5, 5.41) is 8.73. The van der Waals surface area contributed by atoms with Crippen LogP contribution in [0.1, 0.15) is 27.2 Å². The molecule has 0 saturated carbocycles. The Hall–Kier alpha value is -0.590. The van der Waals surface area contributed by atoms with Gasteiger partial charge in [-0.15, -0.1) is 0 Å². The Morgan fingerprint density at radius 3 is 2.57 bits per heavy atom. The van der Waals surface area contributed by atoms with Gasteiger partial charge in [-0.25, -0.2) is 0 Å². The van der Waals surface area contributed by atoms with E-state index < -0.39 is 0 Å². The van der Waals surface area contributed by atoms with Crippen molar-refractivity contribution in [1.82, 2.24) is 9.80 Å². The minimum atomic E-state index is 0.415. The van der Waals surface area contributed by atoms with Crippen molar-refractivity contribution in [3.8, 4) is 6.07 Å². The molecule has 0 radical (unpaired) electrons. The van der Waals surface area contributed by atoms with Crippen molar-refractivity contribution < 1.29 is 0 Å². The first-order valence-corrected chi connectivity index (χ1v) is 5.39. The monoisotopic (exact) mass is 195 g/mol. The highest BCUT2D eigenvalue weighted by Gasteiger charge is 2.30. The summed E-state index contributed by atoms with van der Waals surface area (Å²) in [5.74, 6) is 0. The number of likely N-dealkylation sites (N-methyl/N-ethyl adjacent to an activating group) is 1. The lowest BCUT2D eigenvalue weighted by atomic mass is 10.0. The summed E-state index contributed by atoms with van der Waals surface area (Å²) in [6, 6.07) is 3.88. The third kappa shape index (κ3) is 2.46. The minimum absolute atomic E-state index is 0.415. The number of nitriles is 1. The molecule has 0 spiro atoms. The van der Waals surface area contributed by atoms with Gasteiger partial charge < -0.3 is 0 Å². The first-order chi connectivity index (χ1) is 6.56. The molecule has 1 heterocycles. The Balaban J connectivity index is 2.61. The molecule has 0 bridgehead atoms. The van der Waals surface area contributed by atoms with Gasteiger partial charge in [0.05, 0.1) is 12.5 Å². The van der Waals surface area contributed by atoms with E-state index in [1.807, 2.05) is 0 Å². The van der Waals surface area contributed by atoms with Gasteiger partial charge in [0, 0.05) is 31.2 Å². The van der Waals surface area contributed by atoms with E-state index in [1.165, 1.54) is 0 Å². The van der Waals surface area contributed by atoms with Crippen LogP contribution in [0.2, 0.25) is 0 Å². The molecule has 0 aromatic heterocycles. The fraction of sp³-hybridized carbons (Fsp3) is 0.909.